The molecule has 0 radical (unpaired) electrons. The number of Topliss-reactive ketones (excluding diaryl/α,β-unsaturated/α-hetero) is 2. The molecule has 0 saturated heterocycles. The van der Waals surface area contributed by atoms with Crippen LogP contribution < -0.4 is 0 Å². The van der Waals surface area contributed by atoms with Crippen LogP contribution in [0.25, 0.3) is 0 Å². The molecule has 6 atom stereocenters. The Morgan fingerprint density at radius 3 is 2.54 bits per heavy atom. The van der Waals surface area contributed by atoms with Gasteiger partial charge in [0, 0.05) is 19.3 Å². The van der Waals surface area contributed by atoms with Crippen LogP contribution in [0.2, 0.25) is 19.6 Å². The number of nitrogens with zero attached hydrogens (tertiary/aromatic N) is 1. The van der Waals surface area contributed by atoms with Crippen molar-refractivity contribution in [3.05, 3.63) is 11.6 Å². The molecule has 4 aliphatic rings. The average molecular weight is 400 g/mol. The van der Waals surface area contributed by atoms with Gasteiger partial charge in [-0.05, 0) is 75.4 Å². The summed E-state index contributed by atoms with van der Waals surface area (Å²) in [5.74, 6) is 1.28. The van der Waals surface area contributed by atoms with E-state index in [9.17, 15) is 14.9 Å². The zero-order chi connectivity index (χ0) is 20.5. The van der Waals surface area contributed by atoms with E-state index in [0.717, 1.165) is 19.3 Å². The maximum absolute atomic E-state index is 13.7. The van der Waals surface area contributed by atoms with Crippen LogP contribution in [0.3, 0.4) is 0 Å². The smallest absolute Gasteiger partial charge is 0.185 e. The van der Waals surface area contributed by atoms with Gasteiger partial charge < -0.3 is 4.43 Å². The summed E-state index contributed by atoms with van der Waals surface area (Å²) in [4.78, 5) is 26.0. The average Bonchev–Trinajstić information content (AvgIpc) is 2.88. The van der Waals surface area contributed by atoms with Crippen LogP contribution in [0.15, 0.2) is 11.6 Å². The molecule has 0 amide bonds. The molecule has 0 heterocycles. The molecule has 5 unspecified atom stereocenters. The number of nitriles is 1. The third kappa shape index (κ3) is 2.57. The van der Waals surface area contributed by atoms with Gasteiger partial charge in [0.25, 0.3) is 0 Å². The van der Waals surface area contributed by atoms with Crippen molar-refractivity contribution in [1.82, 2.24) is 0 Å². The van der Waals surface area contributed by atoms with Crippen molar-refractivity contribution in [3.8, 4) is 6.07 Å². The molecule has 3 fully saturated rings. The van der Waals surface area contributed by atoms with E-state index in [0.29, 0.717) is 37.4 Å². The topological polar surface area (TPSA) is 67.2 Å². The van der Waals surface area contributed by atoms with Gasteiger partial charge in [0.1, 0.15) is 11.6 Å². The van der Waals surface area contributed by atoms with Gasteiger partial charge >= 0.3 is 0 Å². The van der Waals surface area contributed by atoms with E-state index in [1.165, 1.54) is 5.57 Å². The lowest BCUT2D eigenvalue weighted by Crippen LogP contribution is -2.61. The fraction of sp³-hybridized carbons (Fsp3) is 0.783. The molecule has 3 saturated carbocycles. The highest BCUT2D eigenvalue weighted by molar-refractivity contribution is 6.69. The summed E-state index contributed by atoms with van der Waals surface area (Å²) in [6, 6.07) is 2.49. The van der Waals surface area contributed by atoms with Crippen LogP contribution in [0, 0.1) is 39.9 Å². The Kier molecular flexibility index (Phi) is 4.38. The van der Waals surface area contributed by atoms with Crippen molar-refractivity contribution < 1.29 is 14.0 Å². The molecule has 4 aliphatic carbocycles. The fourth-order valence-corrected chi connectivity index (χ4v) is 8.58. The standard InChI is InChI=1S/C23H33NO3Si/c1-21-13-16(25)8-6-15(21)7-9-17-18-10-11-23(14-24,27-28(3,4)5)22(18,2)20(26)12-19(17)21/h7,17-19H,6,8-13H2,1-5H3/t17?,18?,19?,21?,22?,23-/m0/s1. The molecule has 0 bridgehead atoms. The van der Waals surface area contributed by atoms with Gasteiger partial charge in [0.15, 0.2) is 13.9 Å². The molecular weight excluding hydrogens is 366 g/mol. The highest BCUT2D eigenvalue weighted by Crippen LogP contribution is 2.66. The molecule has 4 nitrogen and oxygen atoms in total. The van der Waals surface area contributed by atoms with Gasteiger partial charge in [0.05, 0.1) is 11.5 Å². The fourth-order valence-electron chi connectivity index (χ4n) is 7.18. The number of hydrogen-bond acceptors (Lipinski definition) is 4. The number of rotatable bonds is 2. The lowest BCUT2D eigenvalue weighted by Gasteiger charge is -2.57. The van der Waals surface area contributed by atoms with Crippen molar-refractivity contribution >= 4 is 19.9 Å². The van der Waals surface area contributed by atoms with Crippen LogP contribution in [0.1, 0.15) is 58.8 Å². The second-order valence-corrected chi connectivity index (χ2v) is 15.4. The first-order chi connectivity index (χ1) is 13.0. The summed E-state index contributed by atoms with van der Waals surface area (Å²) in [7, 11) is -2.00. The Morgan fingerprint density at radius 1 is 1.18 bits per heavy atom. The third-order valence-electron chi connectivity index (χ3n) is 8.49. The Balaban J connectivity index is 1.76. The summed E-state index contributed by atoms with van der Waals surface area (Å²) in [6.07, 6.45) is 7.43. The zero-order valence-corrected chi connectivity index (χ0v) is 18.9. The van der Waals surface area contributed by atoms with Crippen LogP contribution in [-0.4, -0.2) is 25.5 Å². The summed E-state index contributed by atoms with van der Waals surface area (Å²) < 4.78 is 6.49. The zero-order valence-electron chi connectivity index (χ0n) is 17.9. The van der Waals surface area contributed by atoms with Crippen molar-refractivity contribution in [2.24, 2.45) is 28.6 Å². The molecule has 0 aliphatic heterocycles. The molecule has 28 heavy (non-hydrogen) atoms. The second kappa shape index (κ2) is 6.12. The number of carbonyl (C=O) groups is 2. The largest absolute Gasteiger partial charge is 0.399 e. The minimum atomic E-state index is -2.00. The first kappa shape index (κ1) is 20.0. The van der Waals surface area contributed by atoms with Gasteiger partial charge in [-0.25, -0.2) is 0 Å². The summed E-state index contributed by atoms with van der Waals surface area (Å²) in [5, 5.41) is 10.2. The number of hydrogen-bond donors (Lipinski definition) is 0. The number of fused-ring (bicyclic) bond motifs is 5. The first-order valence-corrected chi connectivity index (χ1v) is 14.2. The van der Waals surface area contributed by atoms with Crippen LogP contribution >= 0.6 is 0 Å². The maximum atomic E-state index is 13.7. The molecule has 5 heteroatoms. The minimum Gasteiger partial charge on any atom is -0.399 e. The molecular formula is C23H33NO3Si. The predicted molar refractivity (Wildman–Crippen MR) is 110 cm³/mol. The predicted octanol–water partition coefficient (Wildman–Crippen LogP) is 4.81. The van der Waals surface area contributed by atoms with Gasteiger partial charge in [-0.3, -0.25) is 9.59 Å². The lowest BCUT2D eigenvalue weighted by atomic mass is 9.46. The normalized spacial score (nSPS) is 45.6. The molecule has 0 aromatic heterocycles. The molecule has 0 spiro atoms. The highest BCUT2D eigenvalue weighted by atomic mass is 28.4. The van der Waals surface area contributed by atoms with E-state index in [-0.39, 0.29) is 23.0 Å². The van der Waals surface area contributed by atoms with Crippen molar-refractivity contribution in [2.45, 2.75) is 84.0 Å². The number of carbonyl (C=O) groups excluding carboxylic acids is 2. The molecule has 0 aromatic carbocycles. The Hall–Kier alpha value is -1.25. The van der Waals surface area contributed by atoms with Gasteiger partial charge in [-0.15, -0.1) is 0 Å². The van der Waals surface area contributed by atoms with Gasteiger partial charge in [0.2, 0.25) is 0 Å². The second-order valence-electron chi connectivity index (χ2n) is 11.0. The van der Waals surface area contributed by atoms with E-state index in [1.807, 2.05) is 6.92 Å². The lowest BCUT2D eigenvalue weighted by molar-refractivity contribution is -0.155. The van der Waals surface area contributed by atoms with E-state index in [1.54, 1.807) is 0 Å². The first-order valence-electron chi connectivity index (χ1n) is 10.8. The SMILES string of the molecule is CC12CC(=O)CCC1=CCC1C2CC(=O)C2(C)C1CC[C@@]2(C#N)O[Si](C)(C)C. The summed E-state index contributed by atoms with van der Waals surface area (Å²) in [6.45, 7) is 10.5. The Morgan fingerprint density at radius 2 is 1.89 bits per heavy atom. The van der Waals surface area contributed by atoms with E-state index < -0.39 is 19.3 Å². The Labute approximate surface area is 169 Å². The molecule has 152 valence electrons. The van der Waals surface area contributed by atoms with E-state index in [4.69, 9.17) is 4.43 Å². The number of allylic oxidation sites excluding steroid dienone is 2. The molecule has 0 aromatic rings. The van der Waals surface area contributed by atoms with E-state index >= 15 is 0 Å². The van der Waals surface area contributed by atoms with Crippen molar-refractivity contribution in [2.75, 3.05) is 0 Å². The highest BCUT2D eigenvalue weighted by Gasteiger charge is 2.69. The van der Waals surface area contributed by atoms with Crippen LogP contribution in [0.4, 0.5) is 0 Å². The quantitative estimate of drug-likeness (QED) is 0.493. The Bertz CT molecular complexity index is 806. The molecule has 0 N–H and O–H groups in total. The summed E-state index contributed by atoms with van der Waals surface area (Å²) in [5.41, 5.74) is -0.499. The van der Waals surface area contributed by atoms with Crippen molar-refractivity contribution in [1.29, 1.82) is 5.26 Å². The van der Waals surface area contributed by atoms with Crippen molar-refractivity contribution in [3.63, 3.8) is 0 Å². The van der Waals surface area contributed by atoms with Crippen LogP contribution in [-0.2, 0) is 14.0 Å². The number of ketones is 2. The van der Waals surface area contributed by atoms with Gasteiger partial charge in [-0.1, -0.05) is 18.6 Å². The monoisotopic (exact) mass is 399 g/mol. The maximum Gasteiger partial charge on any atom is 0.185 e. The minimum absolute atomic E-state index is 0.168. The molecule has 4 rings (SSSR count). The third-order valence-corrected chi connectivity index (χ3v) is 9.45. The summed E-state index contributed by atoms with van der Waals surface area (Å²) >= 11 is 0. The van der Waals surface area contributed by atoms with Gasteiger partial charge in [-0.2, -0.15) is 5.26 Å². The van der Waals surface area contributed by atoms with Crippen LogP contribution in [0.5, 0.6) is 0 Å². The van der Waals surface area contributed by atoms with E-state index in [2.05, 4.69) is 38.7 Å².